The minimum Gasteiger partial charge on any atom is -0.383 e. The summed E-state index contributed by atoms with van der Waals surface area (Å²) in [6.07, 6.45) is 0. The molecule has 0 aliphatic carbocycles. The molecule has 2 atom stereocenters. The van der Waals surface area contributed by atoms with Gasteiger partial charge in [-0.05, 0) is 25.1 Å². The Morgan fingerprint density at radius 3 is 2.53 bits per heavy atom. The fraction of sp³-hybridized carbons (Fsp3) is 0.625. The van der Waals surface area contributed by atoms with E-state index in [1.165, 1.54) is 5.56 Å². The van der Waals surface area contributed by atoms with E-state index in [1.807, 2.05) is 0 Å². The zero-order valence-electron chi connectivity index (χ0n) is 12.7. The summed E-state index contributed by atoms with van der Waals surface area (Å²) < 4.78 is 5.13. The Labute approximate surface area is 118 Å². The van der Waals surface area contributed by atoms with Crippen molar-refractivity contribution in [3.63, 3.8) is 0 Å². The fourth-order valence-electron chi connectivity index (χ4n) is 2.46. The van der Waals surface area contributed by atoms with Crippen LogP contribution in [0.4, 0.5) is 0 Å². The number of hydrogen-bond donors (Lipinski definition) is 1. The lowest BCUT2D eigenvalue weighted by molar-refractivity contribution is 0.148. The van der Waals surface area contributed by atoms with Gasteiger partial charge in [0.1, 0.15) is 0 Å². The third-order valence-corrected chi connectivity index (χ3v) is 3.43. The molecule has 0 aromatic heterocycles. The molecule has 1 aromatic rings. The van der Waals surface area contributed by atoms with Crippen LogP contribution in [0.5, 0.6) is 0 Å². The van der Waals surface area contributed by atoms with Gasteiger partial charge in [-0.1, -0.05) is 44.2 Å². The maximum absolute atomic E-state index is 5.13. The van der Waals surface area contributed by atoms with E-state index in [0.29, 0.717) is 12.0 Å². The first-order valence-electron chi connectivity index (χ1n) is 7.14. The van der Waals surface area contributed by atoms with E-state index in [-0.39, 0.29) is 0 Å². The van der Waals surface area contributed by atoms with Crippen LogP contribution < -0.4 is 5.32 Å². The van der Waals surface area contributed by atoms with Gasteiger partial charge in [-0.3, -0.25) is 0 Å². The Morgan fingerprint density at radius 1 is 1.26 bits per heavy atom. The van der Waals surface area contributed by atoms with Gasteiger partial charge in [-0.2, -0.15) is 0 Å². The molecule has 0 radical (unpaired) electrons. The lowest BCUT2D eigenvalue weighted by Gasteiger charge is -2.29. The lowest BCUT2D eigenvalue weighted by atomic mass is 9.94. The minimum atomic E-state index is 0.413. The average Bonchev–Trinajstić information content (AvgIpc) is 2.43. The van der Waals surface area contributed by atoms with Crippen LogP contribution in [0.1, 0.15) is 25.5 Å². The minimum absolute atomic E-state index is 0.413. The number of rotatable bonds is 9. The Kier molecular flexibility index (Phi) is 7.72. The van der Waals surface area contributed by atoms with Crippen LogP contribution in [0.3, 0.4) is 0 Å². The van der Waals surface area contributed by atoms with Crippen molar-refractivity contribution >= 4 is 0 Å². The zero-order valence-corrected chi connectivity index (χ0v) is 12.7. The van der Waals surface area contributed by atoms with Crippen LogP contribution in [0.2, 0.25) is 0 Å². The molecule has 108 valence electrons. The van der Waals surface area contributed by atoms with Crippen molar-refractivity contribution in [2.45, 2.75) is 19.9 Å². The van der Waals surface area contributed by atoms with Gasteiger partial charge in [0.05, 0.1) is 6.61 Å². The van der Waals surface area contributed by atoms with E-state index in [0.717, 1.165) is 26.2 Å². The third-order valence-electron chi connectivity index (χ3n) is 3.43. The molecular weight excluding hydrogens is 236 g/mol. The zero-order chi connectivity index (χ0) is 14.1. The van der Waals surface area contributed by atoms with Crippen molar-refractivity contribution in [2.24, 2.45) is 5.92 Å². The second kappa shape index (κ2) is 9.08. The Bertz CT molecular complexity index is 329. The topological polar surface area (TPSA) is 24.5 Å². The summed E-state index contributed by atoms with van der Waals surface area (Å²) in [4.78, 5) is 2.33. The Hall–Kier alpha value is -0.900. The molecule has 0 aliphatic heterocycles. The van der Waals surface area contributed by atoms with Gasteiger partial charge in [0.2, 0.25) is 0 Å². The quantitative estimate of drug-likeness (QED) is 0.742. The number of nitrogens with zero attached hydrogens (tertiary/aromatic N) is 1. The molecule has 0 fully saturated rings. The molecule has 0 bridgehead atoms. The molecule has 3 heteroatoms. The smallest absolute Gasteiger partial charge is 0.0589 e. The number of nitrogens with one attached hydrogen (secondary N) is 1. The molecule has 1 N–H and O–H groups in total. The van der Waals surface area contributed by atoms with Crippen molar-refractivity contribution in [1.82, 2.24) is 10.2 Å². The first-order chi connectivity index (χ1) is 9.19. The van der Waals surface area contributed by atoms with Crippen molar-refractivity contribution in [1.29, 1.82) is 0 Å². The average molecular weight is 264 g/mol. The molecule has 1 rings (SSSR count). The molecule has 0 aliphatic rings. The molecule has 3 nitrogen and oxygen atoms in total. The summed E-state index contributed by atoms with van der Waals surface area (Å²) in [6, 6.07) is 11.1. The second-order valence-corrected chi connectivity index (χ2v) is 5.18. The van der Waals surface area contributed by atoms with Gasteiger partial charge >= 0.3 is 0 Å². The van der Waals surface area contributed by atoms with E-state index in [4.69, 9.17) is 4.74 Å². The molecule has 0 saturated carbocycles. The predicted molar refractivity (Wildman–Crippen MR) is 81.4 cm³/mol. The molecule has 0 heterocycles. The highest BCUT2D eigenvalue weighted by atomic mass is 16.5. The third kappa shape index (κ3) is 5.72. The summed E-state index contributed by atoms with van der Waals surface area (Å²) in [5, 5.41) is 3.60. The van der Waals surface area contributed by atoms with Crippen molar-refractivity contribution < 1.29 is 4.74 Å². The van der Waals surface area contributed by atoms with E-state index >= 15 is 0 Å². The number of methoxy groups -OCH3 is 1. The predicted octanol–water partition coefficient (Wildman–Crippen LogP) is 2.55. The first-order valence-corrected chi connectivity index (χ1v) is 7.14. The SMILES string of the molecule is CCNC(c1ccccc1)C(C)CN(C)CCOC. The van der Waals surface area contributed by atoms with Crippen LogP contribution in [-0.4, -0.2) is 45.3 Å². The maximum Gasteiger partial charge on any atom is 0.0589 e. The summed E-state index contributed by atoms with van der Waals surface area (Å²) in [7, 11) is 3.91. The largest absolute Gasteiger partial charge is 0.383 e. The molecule has 0 amide bonds. The maximum atomic E-state index is 5.13. The monoisotopic (exact) mass is 264 g/mol. The number of hydrogen-bond acceptors (Lipinski definition) is 3. The highest BCUT2D eigenvalue weighted by molar-refractivity contribution is 5.19. The Balaban J connectivity index is 2.60. The lowest BCUT2D eigenvalue weighted by Crippen LogP contribution is -2.35. The molecule has 0 saturated heterocycles. The van der Waals surface area contributed by atoms with Crippen molar-refractivity contribution in [3.05, 3.63) is 35.9 Å². The van der Waals surface area contributed by atoms with Crippen LogP contribution in [0, 0.1) is 5.92 Å². The summed E-state index contributed by atoms with van der Waals surface area (Å²) in [5.74, 6) is 0.559. The highest BCUT2D eigenvalue weighted by Gasteiger charge is 2.19. The number of likely N-dealkylation sites (N-methyl/N-ethyl adjacent to an activating group) is 1. The summed E-state index contributed by atoms with van der Waals surface area (Å²) >= 11 is 0. The van der Waals surface area contributed by atoms with Crippen LogP contribution in [0.25, 0.3) is 0 Å². The fourth-order valence-corrected chi connectivity index (χ4v) is 2.46. The molecular formula is C16H28N2O. The van der Waals surface area contributed by atoms with E-state index < -0.39 is 0 Å². The van der Waals surface area contributed by atoms with Gasteiger partial charge in [0.25, 0.3) is 0 Å². The summed E-state index contributed by atoms with van der Waals surface area (Å²) in [5.41, 5.74) is 1.37. The van der Waals surface area contributed by atoms with Crippen LogP contribution >= 0.6 is 0 Å². The molecule has 19 heavy (non-hydrogen) atoms. The van der Waals surface area contributed by atoms with E-state index in [1.54, 1.807) is 7.11 Å². The first kappa shape index (κ1) is 16.2. The van der Waals surface area contributed by atoms with Crippen molar-refractivity contribution in [3.8, 4) is 0 Å². The highest BCUT2D eigenvalue weighted by Crippen LogP contribution is 2.22. The Morgan fingerprint density at radius 2 is 1.95 bits per heavy atom. The molecule has 0 spiro atoms. The summed E-state index contributed by atoms with van der Waals surface area (Å²) in [6.45, 7) is 8.30. The van der Waals surface area contributed by atoms with Gasteiger partial charge in [-0.25, -0.2) is 0 Å². The molecule has 1 aromatic carbocycles. The van der Waals surface area contributed by atoms with Crippen molar-refractivity contribution in [2.75, 3.05) is 40.4 Å². The van der Waals surface area contributed by atoms with Gasteiger partial charge in [0.15, 0.2) is 0 Å². The second-order valence-electron chi connectivity index (χ2n) is 5.18. The van der Waals surface area contributed by atoms with Gasteiger partial charge in [0, 0.05) is 26.2 Å². The molecule has 2 unspecified atom stereocenters. The van der Waals surface area contributed by atoms with E-state index in [9.17, 15) is 0 Å². The van der Waals surface area contributed by atoms with Gasteiger partial charge in [-0.15, -0.1) is 0 Å². The van der Waals surface area contributed by atoms with E-state index in [2.05, 4.69) is 61.4 Å². The standard InChI is InChI=1S/C16H28N2O/c1-5-17-16(15-9-7-6-8-10-15)14(2)13-18(3)11-12-19-4/h6-10,14,16-17H,5,11-13H2,1-4H3. The normalized spacial score (nSPS) is 14.6. The number of benzene rings is 1. The number of ether oxygens (including phenoxy) is 1. The van der Waals surface area contributed by atoms with Gasteiger partial charge < -0.3 is 15.0 Å². The van der Waals surface area contributed by atoms with Crippen LogP contribution in [0.15, 0.2) is 30.3 Å². The van der Waals surface area contributed by atoms with Crippen LogP contribution in [-0.2, 0) is 4.74 Å².